The minimum atomic E-state index is 0.661. The number of carbonyl (C=O) groups excluding carboxylic acids is 1. The van der Waals surface area contributed by atoms with E-state index in [-0.39, 0.29) is 0 Å². The first-order valence-corrected chi connectivity index (χ1v) is 5.24. The first-order valence-electron chi connectivity index (χ1n) is 5.24. The summed E-state index contributed by atoms with van der Waals surface area (Å²) < 4.78 is 1.81. The zero-order chi connectivity index (χ0) is 11.5. The zero-order valence-corrected chi connectivity index (χ0v) is 9.47. The quantitative estimate of drug-likeness (QED) is 0.735. The summed E-state index contributed by atoms with van der Waals surface area (Å²) in [5, 5.41) is 4.30. The van der Waals surface area contributed by atoms with E-state index in [4.69, 9.17) is 0 Å². The van der Waals surface area contributed by atoms with Gasteiger partial charge in [-0.25, -0.2) is 0 Å². The lowest BCUT2D eigenvalue weighted by atomic mass is 10.1. The van der Waals surface area contributed by atoms with Gasteiger partial charge in [0.15, 0.2) is 6.29 Å². The largest absolute Gasteiger partial charge is 0.298 e. The molecule has 0 unspecified atom stereocenters. The molecule has 1 heterocycles. The van der Waals surface area contributed by atoms with Crippen LogP contribution in [0.3, 0.4) is 0 Å². The summed E-state index contributed by atoms with van der Waals surface area (Å²) in [6.45, 7) is 4.63. The van der Waals surface area contributed by atoms with Gasteiger partial charge in [0.05, 0.1) is 17.8 Å². The number of benzene rings is 1. The van der Waals surface area contributed by atoms with Crippen molar-refractivity contribution in [3.05, 3.63) is 52.8 Å². The van der Waals surface area contributed by atoms with E-state index in [9.17, 15) is 4.79 Å². The van der Waals surface area contributed by atoms with Crippen LogP contribution in [0.5, 0.6) is 0 Å². The number of aromatic nitrogens is 2. The molecule has 0 saturated carbocycles. The van der Waals surface area contributed by atoms with E-state index in [2.05, 4.69) is 24.2 Å². The van der Waals surface area contributed by atoms with Crippen molar-refractivity contribution in [2.75, 3.05) is 0 Å². The average Bonchev–Trinajstić information content (AvgIpc) is 2.62. The molecule has 0 N–H and O–H groups in total. The molecule has 3 heteroatoms. The van der Waals surface area contributed by atoms with Crippen LogP contribution in [-0.4, -0.2) is 16.1 Å². The molecule has 0 bridgehead atoms. The number of nitrogens with zero attached hydrogens (tertiary/aromatic N) is 2. The molecule has 0 spiro atoms. The van der Waals surface area contributed by atoms with Crippen LogP contribution < -0.4 is 0 Å². The van der Waals surface area contributed by atoms with Gasteiger partial charge in [-0.2, -0.15) is 5.10 Å². The molecule has 0 amide bonds. The highest BCUT2D eigenvalue weighted by Gasteiger charge is 2.04. The van der Waals surface area contributed by atoms with Crippen LogP contribution in [0, 0.1) is 13.8 Å². The molecule has 0 saturated heterocycles. The standard InChI is InChI=1S/C13H14N2O/c1-10-5-3-4-6-12(10)7-15-8-13(9-16)11(2)14-15/h3-6,8-9H,7H2,1-2H3. The summed E-state index contributed by atoms with van der Waals surface area (Å²) >= 11 is 0. The number of aryl methyl sites for hydroxylation is 2. The van der Waals surface area contributed by atoms with Crippen molar-refractivity contribution in [3.8, 4) is 0 Å². The SMILES string of the molecule is Cc1ccccc1Cn1cc(C=O)c(C)n1. The molecule has 0 aliphatic rings. The molecule has 3 nitrogen and oxygen atoms in total. The van der Waals surface area contributed by atoms with E-state index in [1.165, 1.54) is 11.1 Å². The maximum atomic E-state index is 10.7. The van der Waals surface area contributed by atoms with Gasteiger partial charge < -0.3 is 0 Å². The minimum absolute atomic E-state index is 0.661. The molecule has 0 atom stereocenters. The summed E-state index contributed by atoms with van der Waals surface area (Å²) in [5.74, 6) is 0. The minimum Gasteiger partial charge on any atom is -0.298 e. The Morgan fingerprint density at radius 2 is 2.06 bits per heavy atom. The van der Waals surface area contributed by atoms with Gasteiger partial charge in [-0.05, 0) is 25.0 Å². The Kier molecular flexibility index (Phi) is 2.86. The molecule has 0 fully saturated rings. The van der Waals surface area contributed by atoms with Gasteiger partial charge in [0.25, 0.3) is 0 Å². The Hall–Kier alpha value is -1.90. The molecule has 2 rings (SSSR count). The van der Waals surface area contributed by atoms with Crippen LogP contribution in [0.15, 0.2) is 30.5 Å². The molecule has 1 aromatic heterocycles. The smallest absolute Gasteiger partial charge is 0.153 e. The van der Waals surface area contributed by atoms with E-state index in [0.717, 1.165) is 12.0 Å². The van der Waals surface area contributed by atoms with Gasteiger partial charge in [-0.1, -0.05) is 24.3 Å². The normalized spacial score (nSPS) is 10.4. The summed E-state index contributed by atoms with van der Waals surface area (Å²) in [6.07, 6.45) is 2.63. The number of carbonyl (C=O) groups is 1. The van der Waals surface area contributed by atoms with Crippen molar-refractivity contribution in [3.63, 3.8) is 0 Å². The van der Waals surface area contributed by atoms with Crippen molar-refractivity contribution >= 4 is 6.29 Å². The van der Waals surface area contributed by atoms with Crippen LogP contribution in [0.1, 0.15) is 27.2 Å². The summed E-state index contributed by atoms with van der Waals surface area (Å²) in [4.78, 5) is 10.7. The molecule has 16 heavy (non-hydrogen) atoms. The van der Waals surface area contributed by atoms with Crippen LogP contribution in [0.2, 0.25) is 0 Å². The highest BCUT2D eigenvalue weighted by atomic mass is 16.1. The van der Waals surface area contributed by atoms with Crippen molar-refractivity contribution in [2.24, 2.45) is 0 Å². The lowest BCUT2D eigenvalue weighted by molar-refractivity contribution is 0.112. The highest BCUT2D eigenvalue weighted by Crippen LogP contribution is 2.10. The first kappa shape index (κ1) is 10.6. The van der Waals surface area contributed by atoms with Gasteiger partial charge in [-0.15, -0.1) is 0 Å². The Labute approximate surface area is 94.7 Å². The fraction of sp³-hybridized carbons (Fsp3) is 0.231. The molecule has 2 aromatic rings. The predicted molar refractivity (Wildman–Crippen MR) is 62.6 cm³/mol. The number of hydrogen-bond acceptors (Lipinski definition) is 2. The first-order chi connectivity index (χ1) is 7.70. The second kappa shape index (κ2) is 4.31. The summed E-state index contributed by atoms with van der Waals surface area (Å²) in [6, 6.07) is 8.18. The Morgan fingerprint density at radius 3 is 2.69 bits per heavy atom. The monoisotopic (exact) mass is 214 g/mol. The van der Waals surface area contributed by atoms with Crippen molar-refractivity contribution < 1.29 is 4.79 Å². The zero-order valence-electron chi connectivity index (χ0n) is 9.47. The second-order valence-corrected chi connectivity index (χ2v) is 3.91. The lowest BCUT2D eigenvalue weighted by Gasteiger charge is -2.04. The Balaban J connectivity index is 2.27. The van der Waals surface area contributed by atoms with E-state index in [1.807, 2.05) is 19.1 Å². The second-order valence-electron chi connectivity index (χ2n) is 3.91. The van der Waals surface area contributed by atoms with E-state index < -0.39 is 0 Å². The van der Waals surface area contributed by atoms with Crippen LogP contribution in [0.25, 0.3) is 0 Å². The summed E-state index contributed by atoms with van der Waals surface area (Å²) in [7, 11) is 0. The Morgan fingerprint density at radius 1 is 1.31 bits per heavy atom. The van der Waals surface area contributed by atoms with E-state index >= 15 is 0 Å². The number of hydrogen-bond donors (Lipinski definition) is 0. The molecule has 0 aliphatic carbocycles. The van der Waals surface area contributed by atoms with Crippen molar-refractivity contribution in [2.45, 2.75) is 20.4 Å². The highest BCUT2D eigenvalue weighted by molar-refractivity contribution is 5.75. The van der Waals surface area contributed by atoms with E-state index in [1.54, 1.807) is 10.9 Å². The number of rotatable bonds is 3. The van der Waals surface area contributed by atoms with Crippen LogP contribution >= 0.6 is 0 Å². The third-order valence-corrected chi connectivity index (χ3v) is 2.70. The molecule has 0 aliphatic heterocycles. The lowest BCUT2D eigenvalue weighted by Crippen LogP contribution is -2.01. The van der Waals surface area contributed by atoms with Crippen LogP contribution in [-0.2, 0) is 6.54 Å². The van der Waals surface area contributed by atoms with Gasteiger partial charge >= 0.3 is 0 Å². The number of aldehydes is 1. The summed E-state index contributed by atoms with van der Waals surface area (Å²) in [5.41, 5.74) is 3.91. The van der Waals surface area contributed by atoms with Gasteiger partial charge in [0, 0.05) is 6.20 Å². The molecule has 1 aromatic carbocycles. The van der Waals surface area contributed by atoms with Gasteiger partial charge in [0.2, 0.25) is 0 Å². The molecular weight excluding hydrogens is 200 g/mol. The predicted octanol–water partition coefficient (Wildman–Crippen LogP) is 2.36. The average molecular weight is 214 g/mol. The topological polar surface area (TPSA) is 34.9 Å². The molecule has 0 radical (unpaired) electrons. The maximum Gasteiger partial charge on any atom is 0.153 e. The molecule has 82 valence electrons. The third-order valence-electron chi connectivity index (χ3n) is 2.70. The van der Waals surface area contributed by atoms with Crippen molar-refractivity contribution in [1.29, 1.82) is 0 Å². The fourth-order valence-electron chi connectivity index (χ4n) is 1.69. The van der Waals surface area contributed by atoms with E-state index in [0.29, 0.717) is 12.1 Å². The van der Waals surface area contributed by atoms with Crippen molar-refractivity contribution in [1.82, 2.24) is 9.78 Å². The van der Waals surface area contributed by atoms with Crippen LogP contribution in [0.4, 0.5) is 0 Å². The Bertz CT molecular complexity index is 514. The van der Waals surface area contributed by atoms with Gasteiger partial charge in [0.1, 0.15) is 0 Å². The maximum absolute atomic E-state index is 10.7. The van der Waals surface area contributed by atoms with Gasteiger partial charge in [-0.3, -0.25) is 9.48 Å². The third kappa shape index (κ3) is 2.03. The fourth-order valence-corrected chi connectivity index (χ4v) is 1.69. The molecular formula is C13H14N2O.